The van der Waals surface area contributed by atoms with E-state index >= 15 is 0 Å². The van der Waals surface area contributed by atoms with Crippen LogP contribution < -0.4 is 10.6 Å². The third-order valence-electron chi connectivity index (χ3n) is 4.26. The molecule has 0 heterocycles. The van der Waals surface area contributed by atoms with Crippen LogP contribution in [0.5, 0.6) is 0 Å². The maximum atomic E-state index is 12.7. The van der Waals surface area contributed by atoms with E-state index in [1.54, 1.807) is 63.2 Å². The Kier molecular flexibility index (Phi) is 8.12. The molecule has 32 heavy (non-hydrogen) atoms. The van der Waals surface area contributed by atoms with Gasteiger partial charge in [0.25, 0.3) is 5.91 Å². The van der Waals surface area contributed by atoms with Crippen molar-refractivity contribution in [3.63, 3.8) is 0 Å². The highest BCUT2D eigenvalue weighted by molar-refractivity contribution is 5.98. The van der Waals surface area contributed by atoms with Gasteiger partial charge in [-0.2, -0.15) is 0 Å². The van der Waals surface area contributed by atoms with Crippen LogP contribution in [0.3, 0.4) is 0 Å². The Bertz CT molecular complexity index is 992. The van der Waals surface area contributed by atoms with E-state index in [-0.39, 0.29) is 17.9 Å². The van der Waals surface area contributed by atoms with Gasteiger partial charge in [-0.25, -0.2) is 9.59 Å². The van der Waals surface area contributed by atoms with Crippen molar-refractivity contribution < 1.29 is 28.7 Å². The maximum Gasteiger partial charge on any atom is 0.338 e. The van der Waals surface area contributed by atoms with Gasteiger partial charge < -0.3 is 20.1 Å². The summed E-state index contributed by atoms with van der Waals surface area (Å²) in [5.41, 5.74) is 1.26. The first kappa shape index (κ1) is 24.6. The zero-order chi connectivity index (χ0) is 23.9. The van der Waals surface area contributed by atoms with Crippen LogP contribution >= 0.6 is 0 Å². The van der Waals surface area contributed by atoms with Gasteiger partial charge in [0.05, 0.1) is 12.7 Å². The van der Waals surface area contributed by atoms with Crippen molar-refractivity contribution in [1.82, 2.24) is 5.32 Å². The second kappa shape index (κ2) is 10.6. The van der Waals surface area contributed by atoms with Gasteiger partial charge in [-0.3, -0.25) is 9.59 Å². The van der Waals surface area contributed by atoms with E-state index in [0.717, 1.165) is 5.56 Å². The number of esters is 2. The van der Waals surface area contributed by atoms with Crippen molar-refractivity contribution in [2.45, 2.75) is 45.8 Å². The van der Waals surface area contributed by atoms with Crippen LogP contribution in [0, 0.1) is 0 Å². The van der Waals surface area contributed by atoms with Gasteiger partial charge >= 0.3 is 11.9 Å². The molecule has 0 aliphatic carbocycles. The highest BCUT2D eigenvalue weighted by atomic mass is 16.6. The van der Waals surface area contributed by atoms with Crippen LogP contribution in [0.15, 0.2) is 48.5 Å². The van der Waals surface area contributed by atoms with Crippen LogP contribution in [0.4, 0.5) is 5.69 Å². The van der Waals surface area contributed by atoms with E-state index in [1.165, 1.54) is 20.1 Å². The number of amides is 2. The number of carbonyl (C=O) groups is 4. The van der Waals surface area contributed by atoms with Crippen LogP contribution in [-0.4, -0.2) is 42.5 Å². The molecule has 2 rings (SSSR count). The number of ether oxygens (including phenoxy) is 2. The predicted molar refractivity (Wildman–Crippen MR) is 119 cm³/mol. The molecule has 8 heteroatoms. The lowest BCUT2D eigenvalue weighted by Crippen LogP contribution is -2.43. The smallest absolute Gasteiger partial charge is 0.338 e. The van der Waals surface area contributed by atoms with Crippen molar-refractivity contribution in [3.8, 4) is 0 Å². The number of carbonyl (C=O) groups excluding carboxylic acids is 4. The molecule has 8 nitrogen and oxygen atoms in total. The maximum absolute atomic E-state index is 12.7. The Hall–Kier alpha value is -3.68. The summed E-state index contributed by atoms with van der Waals surface area (Å²) >= 11 is 0. The molecule has 0 saturated heterocycles. The summed E-state index contributed by atoms with van der Waals surface area (Å²) < 4.78 is 10.2. The summed E-state index contributed by atoms with van der Waals surface area (Å²) in [6, 6.07) is 12.0. The van der Waals surface area contributed by atoms with E-state index in [4.69, 9.17) is 9.47 Å². The highest BCUT2D eigenvalue weighted by Crippen LogP contribution is 2.15. The molecule has 0 saturated carbocycles. The molecule has 0 unspecified atom stereocenters. The van der Waals surface area contributed by atoms with Crippen LogP contribution in [0.25, 0.3) is 0 Å². The van der Waals surface area contributed by atoms with E-state index < -0.39 is 29.5 Å². The number of methoxy groups -OCH3 is 1. The third-order valence-corrected chi connectivity index (χ3v) is 4.26. The van der Waals surface area contributed by atoms with Crippen molar-refractivity contribution in [2.75, 3.05) is 12.4 Å². The molecule has 0 fully saturated rings. The normalized spacial score (nSPS) is 11.8. The summed E-state index contributed by atoms with van der Waals surface area (Å²) in [5, 5.41) is 5.27. The van der Waals surface area contributed by atoms with Gasteiger partial charge in [0, 0.05) is 24.6 Å². The first-order chi connectivity index (χ1) is 15.0. The summed E-state index contributed by atoms with van der Waals surface area (Å²) in [4.78, 5) is 48.3. The molecule has 2 aromatic carbocycles. The number of hydrogen-bond donors (Lipinski definition) is 2. The van der Waals surface area contributed by atoms with E-state index in [2.05, 4.69) is 10.6 Å². The lowest BCUT2D eigenvalue weighted by atomic mass is 10.0. The molecule has 0 radical (unpaired) electrons. The lowest BCUT2D eigenvalue weighted by Gasteiger charge is -2.20. The molecule has 2 N–H and O–H groups in total. The fourth-order valence-corrected chi connectivity index (χ4v) is 2.87. The summed E-state index contributed by atoms with van der Waals surface area (Å²) in [7, 11) is 1.24. The van der Waals surface area contributed by atoms with Crippen molar-refractivity contribution in [1.29, 1.82) is 0 Å². The largest absolute Gasteiger partial charge is 0.467 e. The molecule has 2 amide bonds. The molecule has 0 aliphatic rings. The molecule has 2 aromatic rings. The van der Waals surface area contributed by atoms with Crippen LogP contribution in [0.2, 0.25) is 0 Å². The monoisotopic (exact) mass is 440 g/mol. The lowest BCUT2D eigenvalue weighted by molar-refractivity contribution is -0.142. The van der Waals surface area contributed by atoms with E-state index in [1.807, 2.05) is 0 Å². The fourth-order valence-electron chi connectivity index (χ4n) is 2.87. The van der Waals surface area contributed by atoms with Gasteiger partial charge in [0.1, 0.15) is 11.6 Å². The SMILES string of the molecule is COC(=O)[C@@H](Cc1ccc(C(=O)OC(C)(C)C)cc1)NC(=O)c1cccc(NC(C)=O)c1. The first-order valence-corrected chi connectivity index (χ1v) is 10.1. The Morgan fingerprint density at radius 2 is 1.62 bits per heavy atom. The fraction of sp³-hybridized carbons (Fsp3) is 0.333. The van der Waals surface area contributed by atoms with Crippen molar-refractivity contribution >= 4 is 29.4 Å². The minimum absolute atomic E-state index is 0.165. The Labute approximate surface area is 187 Å². The molecule has 0 aromatic heterocycles. The summed E-state index contributed by atoms with van der Waals surface area (Å²) in [6.07, 6.45) is 0.165. The Morgan fingerprint density at radius 1 is 0.969 bits per heavy atom. The number of rotatable bonds is 7. The number of hydrogen-bond acceptors (Lipinski definition) is 6. The van der Waals surface area contributed by atoms with Gasteiger partial charge in [-0.15, -0.1) is 0 Å². The topological polar surface area (TPSA) is 111 Å². The second-order valence-electron chi connectivity index (χ2n) is 8.21. The quantitative estimate of drug-likeness (QED) is 0.640. The molecular formula is C24H28N2O6. The predicted octanol–water partition coefficient (Wildman–Crippen LogP) is 3.11. The number of benzene rings is 2. The van der Waals surface area contributed by atoms with Crippen molar-refractivity contribution in [2.24, 2.45) is 0 Å². The molecule has 0 bridgehead atoms. The van der Waals surface area contributed by atoms with Gasteiger partial charge in [-0.05, 0) is 56.7 Å². The molecular weight excluding hydrogens is 412 g/mol. The number of nitrogens with one attached hydrogen (secondary N) is 2. The molecule has 170 valence electrons. The minimum Gasteiger partial charge on any atom is -0.467 e. The third kappa shape index (κ3) is 7.54. The first-order valence-electron chi connectivity index (χ1n) is 10.1. The van der Waals surface area contributed by atoms with E-state index in [0.29, 0.717) is 11.3 Å². The molecule has 1 atom stereocenters. The van der Waals surface area contributed by atoms with Gasteiger partial charge in [-0.1, -0.05) is 18.2 Å². The van der Waals surface area contributed by atoms with Crippen molar-refractivity contribution in [3.05, 3.63) is 65.2 Å². The number of anilines is 1. The van der Waals surface area contributed by atoms with Crippen LogP contribution in [-0.2, 0) is 25.5 Å². The zero-order valence-electron chi connectivity index (χ0n) is 18.9. The van der Waals surface area contributed by atoms with Crippen LogP contribution in [0.1, 0.15) is 54.0 Å². The summed E-state index contributed by atoms with van der Waals surface area (Å²) in [5.74, 6) is -1.80. The standard InChI is InChI=1S/C24H28N2O6/c1-15(27)25-19-8-6-7-18(14-19)21(28)26-20(23(30)31-5)13-16-9-11-17(12-10-16)22(29)32-24(2,3)4/h6-12,14,20H,13H2,1-5H3,(H,25,27)(H,26,28)/t20-/m1/s1. The molecule has 0 aliphatic heterocycles. The summed E-state index contributed by atoms with van der Waals surface area (Å²) in [6.45, 7) is 6.73. The van der Waals surface area contributed by atoms with E-state index in [9.17, 15) is 19.2 Å². The Morgan fingerprint density at radius 3 is 2.19 bits per heavy atom. The zero-order valence-corrected chi connectivity index (χ0v) is 18.9. The van der Waals surface area contributed by atoms with Gasteiger partial charge in [0.15, 0.2) is 0 Å². The average Bonchev–Trinajstić information content (AvgIpc) is 2.71. The second-order valence-corrected chi connectivity index (χ2v) is 8.21. The average molecular weight is 440 g/mol. The molecule has 0 spiro atoms. The Balaban J connectivity index is 2.12. The minimum atomic E-state index is -0.940. The highest BCUT2D eigenvalue weighted by Gasteiger charge is 2.23. The van der Waals surface area contributed by atoms with Gasteiger partial charge in [0.2, 0.25) is 5.91 Å².